The zero-order valence-electron chi connectivity index (χ0n) is 14.8. The number of rotatable bonds is 7. The molecule has 8 nitrogen and oxygen atoms in total. The highest BCUT2D eigenvalue weighted by Gasteiger charge is 2.20. The Morgan fingerprint density at radius 2 is 1.79 bits per heavy atom. The van der Waals surface area contributed by atoms with Crippen LogP contribution in [-0.4, -0.2) is 30.9 Å². The first kappa shape index (κ1) is 20.5. The fraction of sp³-hybridized carbons (Fsp3) is 0.0526. The Balaban J connectivity index is 1.77. The van der Waals surface area contributed by atoms with Crippen LogP contribution in [0.3, 0.4) is 0 Å². The third-order valence-electron chi connectivity index (χ3n) is 3.91. The minimum Gasteiger partial charge on any atom is -0.507 e. The fourth-order valence-electron chi connectivity index (χ4n) is 2.55. The normalized spacial score (nSPS) is 11.6. The molecular weight excluding hydrogens is 416 g/mol. The number of phenols is 1. The molecule has 0 fully saturated rings. The lowest BCUT2D eigenvalue weighted by Crippen LogP contribution is -2.22. The predicted octanol–water partition coefficient (Wildman–Crippen LogP) is 3.36. The highest BCUT2D eigenvalue weighted by molar-refractivity contribution is 7.81. The Bertz CT molecular complexity index is 1070. The Hall–Kier alpha value is -3.21. The summed E-state index contributed by atoms with van der Waals surface area (Å²) >= 11 is -1.28. The molecular formula is C19H16N2O6S2. The highest BCUT2D eigenvalue weighted by atomic mass is 32.2. The van der Waals surface area contributed by atoms with Crippen LogP contribution in [0.4, 0.5) is 10.7 Å². The van der Waals surface area contributed by atoms with Crippen molar-refractivity contribution in [2.45, 2.75) is 6.54 Å². The van der Waals surface area contributed by atoms with E-state index in [-0.39, 0.29) is 23.7 Å². The average Bonchev–Trinajstić information content (AvgIpc) is 3.14. The van der Waals surface area contributed by atoms with Crippen LogP contribution in [0.2, 0.25) is 0 Å². The summed E-state index contributed by atoms with van der Waals surface area (Å²) in [6.45, 7) is 0.230. The van der Waals surface area contributed by atoms with Crippen molar-refractivity contribution in [2.75, 3.05) is 4.31 Å². The van der Waals surface area contributed by atoms with Gasteiger partial charge in [-0.1, -0.05) is 18.2 Å². The number of carbonyl (C=O) groups excluding carboxylic acids is 1. The van der Waals surface area contributed by atoms with Gasteiger partial charge in [-0.15, -0.1) is 11.3 Å². The molecule has 1 heterocycles. The Kier molecular flexibility index (Phi) is 6.27. The van der Waals surface area contributed by atoms with E-state index in [0.717, 1.165) is 21.3 Å². The predicted molar refractivity (Wildman–Crippen MR) is 110 cm³/mol. The van der Waals surface area contributed by atoms with Crippen LogP contribution in [0.15, 0.2) is 60.7 Å². The summed E-state index contributed by atoms with van der Waals surface area (Å²) in [5.41, 5.74) is 0.360. The van der Waals surface area contributed by atoms with Gasteiger partial charge >= 0.3 is 5.97 Å². The molecule has 1 amide bonds. The summed E-state index contributed by atoms with van der Waals surface area (Å²) in [5, 5.41) is 22.0. The number of aromatic carboxylic acids is 1. The molecule has 1 unspecified atom stereocenters. The minimum absolute atomic E-state index is 0.148. The molecule has 0 saturated heterocycles. The number of nitrogens with zero attached hydrogens (tertiary/aromatic N) is 1. The standard InChI is InChI=1S/C19H16N2O6S2/c22-16-10-13(6-8-15(16)19(24)25)21(29(26)27)17-9-7-14(28-17)11-20-18(23)12-4-2-1-3-5-12/h1-10,22H,11H2,(H,20,23)(H,24,25)(H,26,27). The molecule has 1 aromatic heterocycles. The summed E-state index contributed by atoms with van der Waals surface area (Å²) < 4.78 is 22.6. The molecule has 0 spiro atoms. The van der Waals surface area contributed by atoms with E-state index in [4.69, 9.17) is 5.11 Å². The lowest BCUT2D eigenvalue weighted by atomic mass is 10.2. The van der Waals surface area contributed by atoms with E-state index in [9.17, 15) is 23.5 Å². The van der Waals surface area contributed by atoms with Crippen molar-refractivity contribution in [3.05, 3.63) is 76.7 Å². The lowest BCUT2D eigenvalue weighted by molar-refractivity contribution is 0.0693. The summed E-state index contributed by atoms with van der Waals surface area (Å²) in [6.07, 6.45) is 0. The van der Waals surface area contributed by atoms with Gasteiger partial charge in [0, 0.05) is 16.5 Å². The van der Waals surface area contributed by atoms with Gasteiger partial charge in [0.15, 0.2) is 0 Å². The van der Waals surface area contributed by atoms with Crippen molar-refractivity contribution in [3.63, 3.8) is 0 Å². The van der Waals surface area contributed by atoms with E-state index in [1.54, 1.807) is 36.4 Å². The molecule has 3 aromatic rings. The number of carboxylic acids is 1. The molecule has 10 heteroatoms. The molecule has 0 aliphatic heterocycles. The number of anilines is 2. The first-order valence-electron chi connectivity index (χ1n) is 8.26. The largest absolute Gasteiger partial charge is 0.507 e. The van der Waals surface area contributed by atoms with Crippen LogP contribution in [0, 0.1) is 0 Å². The maximum atomic E-state index is 12.1. The second-order valence-electron chi connectivity index (χ2n) is 5.82. The summed E-state index contributed by atoms with van der Waals surface area (Å²) in [5.74, 6) is -2.06. The smallest absolute Gasteiger partial charge is 0.339 e. The number of benzene rings is 2. The zero-order valence-corrected chi connectivity index (χ0v) is 16.4. The molecule has 150 valence electrons. The van der Waals surface area contributed by atoms with Crippen LogP contribution in [-0.2, 0) is 17.8 Å². The zero-order chi connectivity index (χ0) is 21.0. The topological polar surface area (TPSA) is 127 Å². The summed E-state index contributed by atoms with van der Waals surface area (Å²) in [4.78, 5) is 23.9. The number of carbonyl (C=O) groups is 2. The third kappa shape index (κ3) is 4.80. The first-order chi connectivity index (χ1) is 13.9. The SMILES string of the molecule is O=C(NCc1ccc(N(c2ccc(C(=O)O)c(O)c2)S(=O)O)s1)c1ccccc1. The van der Waals surface area contributed by atoms with Crippen molar-refractivity contribution in [1.82, 2.24) is 5.32 Å². The number of hydrogen-bond donors (Lipinski definition) is 4. The maximum Gasteiger partial charge on any atom is 0.339 e. The number of carboxylic acid groups (broad SMARTS) is 1. The average molecular weight is 432 g/mol. The van der Waals surface area contributed by atoms with Gasteiger partial charge in [-0.05, 0) is 36.4 Å². The van der Waals surface area contributed by atoms with Crippen LogP contribution >= 0.6 is 11.3 Å². The van der Waals surface area contributed by atoms with Gasteiger partial charge in [-0.3, -0.25) is 9.35 Å². The quantitative estimate of drug-likeness (QED) is 0.424. The van der Waals surface area contributed by atoms with Gasteiger partial charge in [0.2, 0.25) is 0 Å². The van der Waals surface area contributed by atoms with Crippen molar-refractivity contribution in [2.24, 2.45) is 0 Å². The van der Waals surface area contributed by atoms with E-state index in [0.29, 0.717) is 10.6 Å². The number of hydrogen-bond acceptors (Lipinski definition) is 5. The van der Waals surface area contributed by atoms with Crippen molar-refractivity contribution in [1.29, 1.82) is 0 Å². The van der Waals surface area contributed by atoms with Crippen LogP contribution < -0.4 is 9.62 Å². The number of aromatic hydroxyl groups is 1. The highest BCUT2D eigenvalue weighted by Crippen LogP contribution is 2.35. The van der Waals surface area contributed by atoms with E-state index >= 15 is 0 Å². The molecule has 0 aliphatic carbocycles. The van der Waals surface area contributed by atoms with E-state index < -0.39 is 23.0 Å². The molecule has 29 heavy (non-hydrogen) atoms. The van der Waals surface area contributed by atoms with E-state index in [2.05, 4.69) is 5.32 Å². The lowest BCUT2D eigenvalue weighted by Gasteiger charge is -2.18. The van der Waals surface area contributed by atoms with Crippen LogP contribution in [0.5, 0.6) is 5.75 Å². The molecule has 0 aliphatic rings. The van der Waals surface area contributed by atoms with Crippen molar-refractivity contribution in [3.8, 4) is 5.75 Å². The second-order valence-corrected chi connectivity index (χ2v) is 7.79. The van der Waals surface area contributed by atoms with Crippen molar-refractivity contribution >= 4 is 45.2 Å². The first-order valence-corrected chi connectivity index (χ1v) is 10.1. The molecule has 4 N–H and O–H groups in total. The molecule has 0 saturated carbocycles. The molecule has 0 bridgehead atoms. The fourth-order valence-corrected chi connectivity index (χ4v) is 4.24. The molecule has 0 radical (unpaired) electrons. The minimum atomic E-state index is -2.46. The van der Waals surface area contributed by atoms with E-state index in [1.807, 2.05) is 6.07 Å². The van der Waals surface area contributed by atoms with Crippen LogP contribution in [0.1, 0.15) is 25.6 Å². The van der Waals surface area contributed by atoms with Gasteiger partial charge in [0.05, 0.1) is 12.2 Å². The number of thiophene rings is 1. The van der Waals surface area contributed by atoms with Crippen molar-refractivity contribution < 1.29 is 28.6 Å². The third-order valence-corrected chi connectivity index (χ3v) is 5.82. The Morgan fingerprint density at radius 3 is 2.41 bits per heavy atom. The number of nitrogens with one attached hydrogen (secondary N) is 1. The van der Waals surface area contributed by atoms with Gasteiger partial charge in [-0.25, -0.2) is 13.3 Å². The van der Waals surface area contributed by atoms with Gasteiger partial charge in [0.1, 0.15) is 16.3 Å². The van der Waals surface area contributed by atoms with Gasteiger partial charge < -0.3 is 15.5 Å². The van der Waals surface area contributed by atoms with Crippen LogP contribution in [0.25, 0.3) is 0 Å². The second kappa shape index (κ2) is 8.86. The molecule has 3 rings (SSSR count). The Labute approximate surface area is 172 Å². The summed E-state index contributed by atoms with van der Waals surface area (Å²) in [6, 6.07) is 15.6. The summed E-state index contributed by atoms with van der Waals surface area (Å²) in [7, 11) is 0. The number of amides is 1. The Morgan fingerprint density at radius 1 is 1.07 bits per heavy atom. The van der Waals surface area contributed by atoms with E-state index in [1.165, 1.54) is 17.4 Å². The van der Waals surface area contributed by atoms with Gasteiger partial charge in [-0.2, -0.15) is 0 Å². The van der Waals surface area contributed by atoms with Gasteiger partial charge in [0.25, 0.3) is 17.2 Å². The monoisotopic (exact) mass is 432 g/mol. The maximum absolute atomic E-state index is 12.1. The molecule has 2 aromatic carbocycles. The molecule has 1 atom stereocenters.